The summed E-state index contributed by atoms with van der Waals surface area (Å²) in [5, 5.41) is 9.30. The summed E-state index contributed by atoms with van der Waals surface area (Å²) in [6, 6.07) is 7.96. The maximum absolute atomic E-state index is 11.8. The molecule has 0 aliphatic carbocycles. The van der Waals surface area contributed by atoms with Gasteiger partial charge in [-0.15, -0.1) is 0 Å². The highest BCUT2D eigenvalue weighted by atomic mass is 16.5. The molecule has 0 amide bonds. The Morgan fingerprint density at radius 3 is 2.55 bits per heavy atom. The number of piperidine rings is 1. The van der Waals surface area contributed by atoms with Crippen molar-refractivity contribution in [2.75, 3.05) is 19.7 Å². The van der Waals surface area contributed by atoms with Gasteiger partial charge in [-0.2, -0.15) is 0 Å². The van der Waals surface area contributed by atoms with Gasteiger partial charge in [0.1, 0.15) is 5.75 Å². The molecule has 1 fully saturated rings. The molecular formula is C18H27NO3. The number of rotatable bonds is 6. The molecule has 22 heavy (non-hydrogen) atoms. The number of hydrogen-bond acceptors (Lipinski definition) is 4. The van der Waals surface area contributed by atoms with Gasteiger partial charge in [0.15, 0.2) is 0 Å². The molecule has 1 aromatic rings. The molecule has 1 aliphatic heterocycles. The Kier molecular flexibility index (Phi) is 6.25. The second-order valence-corrected chi connectivity index (χ2v) is 6.12. The molecule has 1 aromatic carbocycles. The minimum absolute atomic E-state index is 0.0288. The minimum atomic E-state index is -0.0288. The number of phenolic OH excluding ortho intramolecular Hbond substituents is 1. The Morgan fingerprint density at radius 2 is 1.95 bits per heavy atom. The third kappa shape index (κ3) is 4.73. The van der Waals surface area contributed by atoms with Gasteiger partial charge < -0.3 is 14.7 Å². The molecule has 0 spiro atoms. The standard InChI is InChI=1S/C18H27NO3/c1-3-22-18(21)16-10-12-19(13-11-16)14(2)4-5-15-6-8-17(20)9-7-15/h6-9,14,16,20H,3-5,10-13H2,1-2H3/t14-/m1/s1. The molecule has 1 N–H and O–H groups in total. The minimum Gasteiger partial charge on any atom is -0.508 e. The average Bonchev–Trinajstić information content (AvgIpc) is 2.54. The molecule has 0 aromatic heterocycles. The third-order valence-corrected chi connectivity index (χ3v) is 4.56. The fourth-order valence-electron chi connectivity index (χ4n) is 3.06. The number of esters is 1. The zero-order valence-corrected chi connectivity index (χ0v) is 13.6. The summed E-state index contributed by atoms with van der Waals surface area (Å²) in [5.74, 6) is 0.372. The second kappa shape index (κ2) is 8.18. The summed E-state index contributed by atoms with van der Waals surface area (Å²) in [6.07, 6.45) is 3.92. The van der Waals surface area contributed by atoms with Gasteiger partial charge >= 0.3 is 5.97 Å². The molecule has 0 unspecified atom stereocenters. The number of phenols is 1. The second-order valence-electron chi connectivity index (χ2n) is 6.12. The smallest absolute Gasteiger partial charge is 0.309 e. The molecule has 1 heterocycles. The van der Waals surface area contributed by atoms with Crippen molar-refractivity contribution >= 4 is 5.97 Å². The molecule has 2 rings (SSSR count). The van der Waals surface area contributed by atoms with Gasteiger partial charge in [0, 0.05) is 6.04 Å². The van der Waals surface area contributed by atoms with Gasteiger partial charge in [0.05, 0.1) is 12.5 Å². The van der Waals surface area contributed by atoms with Crippen molar-refractivity contribution in [3.63, 3.8) is 0 Å². The number of benzene rings is 1. The van der Waals surface area contributed by atoms with Crippen molar-refractivity contribution < 1.29 is 14.6 Å². The first-order valence-electron chi connectivity index (χ1n) is 8.28. The predicted octanol–water partition coefficient (Wildman–Crippen LogP) is 2.99. The van der Waals surface area contributed by atoms with Gasteiger partial charge in [-0.1, -0.05) is 12.1 Å². The van der Waals surface area contributed by atoms with E-state index in [1.807, 2.05) is 19.1 Å². The Morgan fingerprint density at radius 1 is 1.32 bits per heavy atom. The molecular weight excluding hydrogens is 278 g/mol. The van der Waals surface area contributed by atoms with Crippen LogP contribution in [0, 0.1) is 5.92 Å². The van der Waals surface area contributed by atoms with E-state index in [1.54, 1.807) is 12.1 Å². The van der Waals surface area contributed by atoms with Crippen molar-refractivity contribution in [2.45, 2.75) is 45.6 Å². The van der Waals surface area contributed by atoms with Crippen LogP contribution in [0.3, 0.4) is 0 Å². The van der Waals surface area contributed by atoms with E-state index in [0.717, 1.165) is 38.8 Å². The van der Waals surface area contributed by atoms with E-state index in [0.29, 0.717) is 18.4 Å². The lowest BCUT2D eigenvalue weighted by atomic mass is 9.95. The lowest BCUT2D eigenvalue weighted by Gasteiger charge is -2.35. The number of aryl methyl sites for hydroxylation is 1. The van der Waals surface area contributed by atoms with Crippen molar-refractivity contribution in [1.82, 2.24) is 4.90 Å². The lowest BCUT2D eigenvalue weighted by molar-refractivity contribution is -0.149. The Labute approximate surface area is 133 Å². The van der Waals surface area contributed by atoms with Gasteiger partial charge in [0.25, 0.3) is 0 Å². The van der Waals surface area contributed by atoms with Crippen molar-refractivity contribution in [2.24, 2.45) is 5.92 Å². The molecule has 0 bridgehead atoms. The van der Waals surface area contributed by atoms with Gasteiger partial charge in [0.2, 0.25) is 0 Å². The van der Waals surface area contributed by atoms with Crippen LogP contribution < -0.4 is 0 Å². The van der Waals surface area contributed by atoms with E-state index >= 15 is 0 Å². The fraction of sp³-hybridized carbons (Fsp3) is 0.611. The van der Waals surface area contributed by atoms with E-state index in [9.17, 15) is 9.90 Å². The summed E-state index contributed by atoms with van der Waals surface area (Å²) < 4.78 is 5.11. The molecule has 1 saturated heterocycles. The molecule has 0 radical (unpaired) electrons. The molecule has 1 atom stereocenters. The van der Waals surface area contributed by atoms with Gasteiger partial charge in [-0.25, -0.2) is 0 Å². The van der Waals surface area contributed by atoms with Crippen LogP contribution in [0.5, 0.6) is 5.75 Å². The lowest BCUT2D eigenvalue weighted by Crippen LogP contribution is -2.42. The summed E-state index contributed by atoms with van der Waals surface area (Å²) in [6.45, 7) is 6.53. The van der Waals surface area contributed by atoms with Crippen LogP contribution in [0.1, 0.15) is 38.7 Å². The average molecular weight is 305 g/mol. The zero-order chi connectivity index (χ0) is 15.9. The van der Waals surface area contributed by atoms with Crippen LogP contribution in [0.4, 0.5) is 0 Å². The van der Waals surface area contributed by atoms with E-state index in [2.05, 4.69) is 11.8 Å². The molecule has 0 saturated carbocycles. The first kappa shape index (κ1) is 16.8. The Bertz CT molecular complexity index is 464. The molecule has 4 heteroatoms. The predicted molar refractivity (Wildman–Crippen MR) is 86.8 cm³/mol. The molecule has 1 aliphatic rings. The van der Waals surface area contributed by atoms with Crippen LogP contribution in [0.25, 0.3) is 0 Å². The number of likely N-dealkylation sites (tertiary alicyclic amines) is 1. The van der Waals surface area contributed by atoms with Gasteiger partial charge in [-0.05, 0) is 70.3 Å². The van der Waals surface area contributed by atoms with E-state index in [4.69, 9.17) is 4.74 Å². The highest BCUT2D eigenvalue weighted by Gasteiger charge is 2.27. The maximum atomic E-state index is 11.8. The summed E-state index contributed by atoms with van der Waals surface area (Å²) >= 11 is 0. The number of aromatic hydroxyl groups is 1. The van der Waals surface area contributed by atoms with Crippen molar-refractivity contribution in [3.05, 3.63) is 29.8 Å². The van der Waals surface area contributed by atoms with E-state index < -0.39 is 0 Å². The normalized spacial score (nSPS) is 18.1. The summed E-state index contributed by atoms with van der Waals surface area (Å²) in [7, 11) is 0. The van der Waals surface area contributed by atoms with Crippen LogP contribution in [-0.2, 0) is 16.0 Å². The number of nitrogens with zero attached hydrogens (tertiary/aromatic N) is 1. The zero-order valence-electron chi connectivity index (χ0n) is 13.6. The number of hydrogen-bond donors (Lipinski definition) is 1. The largest absolute Gasteiger partial charge is 0.508 e. The first-order valence-corrected chi connectivity index (χ1v) is 8.28. The summed E-state index contributed by atoms with van der Waals surface area (Å²) in [5.41, 5.74) is 1.26. The van der Waals surface area contributed by atoms with Gasteiger partial charge in [-0.3, -0.25) is 4.79 Å². The van der Waals surface area contributed by atoms with Crippen molar-refractivity contribution in [3.8, 4) is 5.75 Å². The van der Waals surface area contributed by atoms with E-state index in [1.165, 1.54) is 5.56 Å². The molecule has 122 valence electrons. The van der Waals surface area contributed by atoms with Crippen LogP contribution in [0.2, 0.25) is 0 Å². The van der Waals surface area contributed by atoms with Crippen LogP contribution in [0.15, 0.2) is 24.3 Å². The monoisotopic (exact) mass is 305 g/mol. The SMILES string of the molecule is CCOC(=O)C1CCN([C@H](C)CCc2ccc(O)cc2)CC1. The fourth-order valence-corrected chi connectivity index (χ4v) is 3.06. The van der Waals surface area contributed by atoms with Crippen LogP contribution >= 0.6 is 0 Å². The highest BCUT2D eigenvalue weighted by Crippen LogP contribution is 2.22. The van der Waals surface area contributed by atoms with E-state index in [-0.39, 0.29) is 11.9 Å². The maximum Gasteiger partial charge on any atom is 0.309 e. The van der Waals surface area contributed by atoms with Crippen molar-refractivity contribution in [1.29, 1.82) is 0 Å². The summed E-state index contributed by atoms with van der Waals surface area (Å²) in [4.78, 5) is 14.2. The van der Waals surface area contributed by atoms with Crippen LogP contribution in [-0.4, -0.2) is 41.7 Å². The number of ether oxygens (including phenoxy) is 1. The highest BCUT2D eigenvalue weighted by molar-refractivity contribution is 5.72. The first-order chi connectivity index (χ1) is 10.6. The number of carbonyl (C=O) groups excluding carboxylic acids is 1. The Balaban J connectivity index is 1.74. The molecule has 4 nitrogen and oxygen atoms in total. The Hall–Kier alpha value is -1.55. The topological polar surface area (TPSA) is 49.8 Å². The quantitative estimate of drug-likeness (QED) is 0.821. The third-order valence-electron chi connectivity index (χ3n) is 4.56. The number of carbonyl (C=O) groups is 1.